The molecule has 3 heteroatoms. The average Bonchev–Trinajstić information content (AvgIpc) is 2.77. The number of hydrogen-bond acceptors (Lipinski definition) is 2. The minimum atomic E-state index is -0.150. The Hall–Kier alpha value is -2.03. The third-order valence-corrected chi connectivity index (χ3v) is 2.61. The molecule has 3 nitrogen and oxygen atoms in total. The van der Waals surface area contributed by atoms with Gasteiger partial charge in [-0.15, -0.1) is 0 Å². The second kappa shape index (κ2) is 5.34. The van der Waals surface area contributed by atoms with Crippen molar-refractivity contribution in [3.8, 4) is 0 Å². The lowest BCUT2D eigenvalue weighted by molar-refractivity contribution is 0.0925. The molecule has 1 heterocycles. The summed E-state index contributed by atoms with van der Waals surface area (Å²) in [6, 6.07) is 11.8. The van der Waals surface area contributed by atoms with E-state index in [1.807, 2.05) is 37.3 Å². The summed E-state index contributed by atoms with van der Waals surface area (Å²) in [5, 5.41) is 2.84. The van der Waals surface area contributed by atoms with Gasteiger partial charge in [0.25, 0.3) is 5.91 Å². The molecule has 0 saturated carbocycles. The summed E-state index contributed by atoms with van der Waals surface area (Å²) >= 11 is 0. The van der Waals surface area contributed by atoms with Crippen LogP contribution in [0.15, 0.2) is 47.1 Å². The summed E-state index contributed by atoms with van der Waals surface area (Å²) in [4.78, 5) is 11.7. The van der Waals surface area contributed by atoms with Crippen molar-refractivity contribution in [2.75, 3.05) is 6.54 Å². The highest BCUT2D eigenvalue weighted by atomic mass is 16.3. The summed E-state index contributed by atoms with van der Waals surface area (Å²) in [7, 11) is 0. The summed E-state index contributed by atoms with van der Waals surface area (Å²) in [6.45, 7) is 2.47. The summed E-state index contributed by atoms with van der Waals surface area (Å²) in [5.41, 5.74) is 2.08. The van der Waals surface area contributed by atoms with Crippen molar-refractivity contribution in [1.29, 1.82) is 0 Å². The van der Waals surface area contributed by atoms with Crippen LogP contribution in [-0.2, 0) is 6.42 Å². The van der Waals surface area contributed by atoms with Crippen molar-refractivity contribution in [1.82, 2.24) is 5.32 Å². The molecule has 2 rings (SSSR count). The second-order valence-corrected chi connectivity index (χ2v) is 3.92. The molecule has 0 radical (unpaired) electrons. The Morgan fingerprint density at radius 2 is 2.00 bits per heavy atom. The molecule has 0 bridgehead atoms. The van der Waals surface area contributed by atoms with Crippen LogP contribution >= 0.6 is 0 Å². The standard InChI is InChI=1S/C14H15NO2/c1-11-8-10-17-13(11)14(16)15-9-7-12-5-3-2-4-6-12/h2-6,8,10H,7,9H2,1H3,(H,15,16). The molecule has 0 unspecified atom stereocenters. The van der Waals surface area contributed by atoms with E-state index in [0.29, 0.717) is 12.3 Å². The second-order valence-electron chi connectivity index (χ2n) is 3.92. The first kappa shape index (κ1) is 11.5. The minimum absolute atomic E-state index is 0.150. The molecule has 0 aliphatic heterocycles. The highest BCUT2D eigenvalue weighted by Crippen LogP contribution is 2.08. The molecule has 1 amide bonds. The van der Waals surface area contributed by atoms with Crippen LogP contribution in [0.4, 0.5) is 0 Å². The molecule has 0 saturated heterocycles. The molecule has 0 aliphatic rings. The van der Waals surface area contributed by atoms with Crippen LogP contribution < -0.4 is 5.32 Å². The molecular weight excluding hydrogens is 214 g/mol. The maximum absolute atomic E-state index is 11.7. The van der Waals surface area contributed by atoms with Gasteiger partial charge in [-0.3, -0.25) is 4.79 Å². The SMILES string of the molecule is Cc1ccoc1C(=O)NCCc1ccccc1. The number of carbonyl (C=O) groups excluding carboxylic acids is 1. The van der Waals surface area contributed by atoms with Crippen LogP contribution in [-0.4, -0.2) is 12.5 Å². The van der Waals surface area contributed by atoms with E-state index in [2.05, 4.69) is 5.32 Å². The van der Waals surface area contributed by atoms with E-state index in [1.54, 1.807) is 6.07 Å². The molecule has 88 valence electrons. The lowest BCUT2D eigenvalue weighted by atomic mass is 10.1. The fraction of sp³-hybridized carbons (Fsp3) is 0.214. The number of nitrogens with one attached hydrogen (secondary N) is 1. The molecule has 1 N–H and O–H groups in total. The van der Waals surface area contributed by atoms with Gasteiger partial charge in [0.1, 0.15) is 0 Å². The van der Waals surface area contributed by atoms with Gasteiger partial charge < -0.3 is 9.73 Å². The normalized spacial score (nSPS) is 10.2. The van der Waals surface area contributed by atoms with Crippen molar-refractivity contribution >= 4 is 5.91 Å². The van der Waals surface area contributed by atoms with E-state index in [9.17, 15) is 4.79 Å². The zero-order valence-electron chi connectivity index (χ0n) is 9.77. The van der Waals surface area contributed by atoms with E-state index in [1.165, 1.54) is 11.8 Å². The predicted octanol–water partition coefficient (Wildman–Crippen LogP) is 2.56. The Bertz CT molecular complexity index is 488. The van der Waals surface area contributed by atoms with Gasteiger partial charge in [-0.05, 0) is 25.0 Å². The number of hydrogen-bond donors (Lipinski definition) is 1. The summed E-state index contributed by atoms with van der Waals surface area (Å²) in [6.07, 6.45) is 2.35. The Balaban J connectivity index is 1.84. The Morgan fingerprint density at radius 3 is 2.65 bits per heavy atom. The zero-order chi connectivity index (χ0) is 12.1. The molecule has 1 aromatic heterocycles. The van der Waals surface area contributed by atoms with Crippen molar-refractivity contribution in [3.05, 3.63) is 59.5 Å². The highest BCUT2D eigenvalue weighted by molar-refractivity contribution is 5.92. The van der Waals surface area contributed by atoms with Gasteiger partial charge in [0.05, 0.1) is 6.26 Å². The highest BCUT2D eigenvalue weighted by Gasteiger charge is 2.11. The van der Waals surface area contributed by atoms with E-state index >= 15 is 0 Å². The molecule has 0 fully saturated rings. The number of carbonyl (C=O) groups is 1. The largest absolute Gasteiger partial charge is 0.459 e. The number of furan rings is 1. The monoisotopic (exact) mass is 229 g/mol. The van der Waals surface area contributed by atoms with Gasteiger partial charge in [0.2, 0.25) is 0 Å². The molecular formula is C14H15NO2. The van der Waals surface area contributed by atoms with Crippen molar-refractivity contribution < 1.29 is 9.21 Å². The molecule has 0 atom stereocenters. The quantitative estimate of drug-likeness (QED) is 0.875. The molecule has 2 aromatic rings. The predicted molar refractivity (Wildman–Crippen MR) is 65.9 cm³/mol. The smallest absolute Gasteiger partial charge is 0.287 e. The van der Waals surface area contributed by atoms with E-state index < -0.39 is 0 Å². The first-order valence-corrected chi connectivity index (χ1v) is 5.63. The van der Waals surface area contributed by atoms with Crippen LogP contribution in [0.2, 0.25) is 0 Å². The third kappa shape index (κ3) is 2.97. The fourth-order valence-corrected chi connectivity index (χ4v) is 1.65. The molecule has 0 aliphatic carbocycles. The van der Waals surface area contributed by atoms with Crippen LogP contribution in [0.3, 0.4) is 0 Å². The van der Waals surface area contributed by atoms with Crippen LogP contribution in [0.1, 0.15) is 21.7 Å². The maximum Gasteiger partial charge on any atom is 0.287 e. The van der Waals surface area contributed by atoms with Gasteiger partial charge >= 0.3 is 0 Å². The average molecular weight is 229 g/mol. The number of amides is 1. The van der Waals surface area contributed by atoms with E-state index in [0.717, 1.165) is 12.0 Å². The Labute approximate surface area is 100 Å². The van der Waals surface area contributed by atoms with Gasteiger partial charge in [0.15, 0.2) is 5.76 Å². The van der Waals surface area contributed by atoms with Crippen molar-refractivity contribution in [2.24, 2.45) is 0 Å². The van der Waals surface area contributed by atoms with E-state index in [-0.39, 0.29) is 5.91 Å². The lowest BCUT2D eigenvalue weighted by Crippen LogP contribution is -2.25. The third-order valence-electron chi connectivity index (χ3n) is 2.61. The first-order valence-electron chi connectivity index (χ1n) is 5.63. The molecule has 0 spiro atoms. The first-order chi connectivity index (χ1) is 8.27. The Morgan fingerprint density at radius 1 is 1.24 bits per heavy atom. The minimum Gasteiger partial charge on any atom is -0.459 e. The number of aryl methyl sites for hydroxylation is 1. The van der Waals surface area contributed by atoms with Gasteiger partial charge in [-0.1, -0.05) is 30.3 Å². The van der Waals surface area contributed by atoms with Gasteiger partial charge in [-0.2, -0.15) is 0 Å². The topological polar surface area (TPSA) is 42.2 Å². The zero-order valence-corrected chi connectivity index (χ0v) is 9.77. The van der Waals surface area contributed by atoms with Crippen LogP contribution in [0, 0.1) is 6.92 Å². The lowest BCUT2D eigenvalue weighted by Gasteiger charge is -2.04. The molecule has 1 aromatic carbocycles. The molecule has 17 heavy (non-hydrogen) atoms. The van der Waals surface area contributed by atoms with Gasteiger partial charge in [0, 0.05) is 12.1 Å². The summed E-state index contributed by atoms with van der Waals surface area (Å²) < 4.78 is 5.12. The van der Waals surface area contributed by atoms with Crippen LogP contribution in [0.5, 0.6) is 0 Å². The Kier molecular flexibility index (Phi) is 3.60. The maximum atomic E-state index is 11.7. The van der Waals surface area contributed by atoms with Crippen LogP contribution in [0.25, 0.3) is 0 Å². The number of rotatable bonds is 4. The summed E-state index contributed by atoms with van der Waals surface area (Å²) in [5.74, 6) is 0.251. The fourth-order valence-electron chi connectivity index (χ4n) is 1.65. The number of benzene rings is 1. The van der Waals surface area contributed by atoms with Crippen molar-refractivity contribution in [3.63, 3.8) is 0 Å². The van der Waals surface area contributed by atoms with Gasteiger partial charge in [-0.25, -0.2) is 0 Å². The van der Waals surface area contributed by atoms with Crippen molar-refractivity contribution in [2.45, 2.75) is 13.3 Å². The van der Waals surface area contributed by atoms with E-state index in [4.69, 9.17) is 4.42 Å².